The summed E-state index contributed by atoms with van der Waals surface area (Å²) in [5.41, 5.74) is 1.87. The highest BCUT2D eigenvalue weighted by Crippen LogP contribution is 2.20. The van der Waals surface area contributed by atoms with Gasteiger partial charge < -0.3 is 0 Å². The van der Waals surface area contributed by atoms with Crippen LogP contribution in [0.5, 0.6) is 0 Å². The molecule has 0 aliphatic carbocycles. The van der Waals surface area contributed by atoms with E-state index < -0.39 is 0 Å². The number of benzene rings is 2. The number of amides is 2. The van der Waals surface area contributed by atoms with Crippen molar-refractivity contribution in [3.63, 3.8) is 0 Å². The summed E-state index contributed by atoms with van der Waals surface area (Å²) >= 11 is 2.77. The molecule has 1 heterocycles. The Hall–Kier alpha value is -2.65. The second kappa shape index (κ2) is 10.0. The highest BCUT2D eigenvalue weighted by Gasteiger charge is 2.14. The van der Waals surface area contributed by atoms with Crippen LogP contribution in [-0.2, 0) is 9.59 Å². The van der Waals surface area contributed by atoms with Crippen LogP contribution in [0, 0.1) is 6.92 Å². The van der Waals surface area contributed by atoms with Crippen LogP contribution in [0.3, 0.4) is 0 Å². The zero-order chi connectivity index (χ0) is 19.8. The molecule has 3 rings (SSSR count). The van der Waals surface area contributed by atoms with E-state index in [1.165, 1.54) is 11.8 Å². The van der Waals surface area contributed by atoms with Gasteiger partial charge in [0.1, 0.15) is 0 Å². The summed E-state index contributed by atoms with van der Waals surface area (Å²) in [6.07, 6.45) is 0.275. The zero-order valence-electron chi connectivity index (χ0n) is 15.2. The minimum atomic E-state index is -0.362. The van der Waals surface area contributed by atoms with Crippen molar-refractivity contribution >= 4 is 35.3 Å². The smallest absolute Gasteiger partial charge is 0.237 e. The number of aromatic nitrogens is 4. The third kappa shape index (κ3) is 5.67. The molecule has 0 unspecified atom stereocenters. The van der Waals surface area contributed by atoms with Gasteiger partial charge in [0.25, 0.3) is 0 Å². The molecule has 0 fully saturated rings. The predicted octanol–water partition coefficient (Wildman–Crippen LogP) is 2.89. The average molecular weight is 414 g/mol. The minimum Gasteiger partial charge on any atom is -0.296 e. The number of hydrogen-bond acceptors (Lipinski definition) is 7. The van der Waals surface area contributed by atoms with Crippen molar-refractivity contribution in [2.24, 2.45) is 0 Å². The number of para-hydroxylation sites is 1. The molecule has 2 amide bonds. The molecule has 2 aromatic carbocycles. The lowest BCUT2D eigenvalue weighted by Crippen LogP contribution is -2.32. The third-order valence-electron chi connectivity index (χ3n) is 3.74. The Bertz CT molecular complexity index is 946. The third-order valence-corrected chi connectivity index (χ3v) is 5.67. The standard InChI is InChI=1S/C19H19N5O2S2/c1-14-7-5-6-10-16(14)24-19(21-22-23-24)28-13-18(26)20-17(25)11-12-27-15-8-3-2-4-9-15/h2-10H,11-13H2,1H3,(H,20,25,26). The largest absolute Gasteiger partial charge is 0.296 e. The normalized spacial score (nSPS) is 10.6. The molecule has 1 aromatic heterocycles. The van der Waals surface area contributed by atoms with Gasteiger partial charge in [-0.3, -0.25) is 14.9 Å². The SMILES string of the molecule is Cc1ccccc1-n1nnnc1SCC(=O)NC(=O)CCSc1ccccc1. The van der Waals surface area contributed by atoms with Crippen LogP contribution in [0.2, 0.25) is 0 Å². The summed E-state index contributed by atoms with van der Waals surface area (Å²) in [4.78, 5) is 25.1. The molecule has 0 saturated heterocycles. The first-order valence-electron chi connectivity index (χ1n) is 8.61. The summed E-state index contributed by atoms with van der Waals surface area (Å²) in [5, 5.41) is 14.5. The van der Waals surface area contributed by atoms with Gasteiger partial charge in [-0.2, -0.15) is 4.68 Å². The molecule has 9 heteroatoms. The quantitative estimate of drug-likeness (QED) is 0.568. The Kier molecular flexibility index (Phi) is 7.21. The topological polar surface area (TPSA) is 89.8 Å². The van der Waals surface area contributed by atoms with E-state index in [4.69, 9.17) is 0 Å². The van der Waals surface area contributed by atoms with Gasteiger partial charge in [-0.05, 0) is 41.1 Å². The molecule has 144 valence electrons. The highest BCUT2D eigenvalue weighted by atomic mass is 32.2. The first kappa shape index (κ1) is 20.1. The van der Waals surface area contributed by atoms with Gasteiger partial charge in [-0.15, -0.1) is 16.9 Å². The van der Waals surface area contributed by atoms with Crippen LogP contribution in [0.4, 0.5) is 0 Å². The Morgan fingerprint density at radius 3 is 2.54 bits per heavy atom. The van der Waals surface area contributed by atoms with Crippen LogP contribution in [0.25, 0.3) is 5.69 Å². The van der Waals surface area contributed by atoms with E-state index in [9.17, 15) is 9.59 Å². The van der Waals surface area contributed by atoms with Crippen molar-refractivity contribution in [1.29, 1.82) is 0 Å². The molecule has 0 atom stereocenters. The molecule has 0 saturated carbocycles. The van der Waals surface area contributed by atoms with Crippen LogP contribution in [0.1, 0.15) is 12.0 Å². The molecule has 0 radical (unpaired) electrons. The van der Waals surface area contributed by atoms with Crippen molar-refractivity contribution in [1.82, 2.24) is 25.5 Å². The van der Waals surface area contributed by atoms with E-state index in [0.717, 1.165) is 16.1 Å². The summed E-state index contributed by atoms with van der Waals surface area (Å²) < 4.78 is 1.59. The van der Waals surface area contributed by atoms with Crippen molar-refractivity contribution in [3.05, 3.63) is 60.2 Å². The number of hydrogen-bond donors (Lipinski definition) is 1. The van der Waals surface area contributed by atoms with E-state index in [-0.39, 0.29) is 24.0 Å². The number of nitrogens with zero attached hydrogens (tertiary/aromatic N) is 4. The van der Waals surface area contributed by atoms with Gasteiger partial charge in [-0.25, -0.2) is 0 Å². The van der Waals surface area contributed by atoms with Gasteiger partial charge in [0, 0.05) is 17.1 Å². The maximum absolute atomic E-state index is 12.1. The van der Waals surface area contributed by atoms with Gasteiger partial charge in [-0.1, -0.05) is 48.2 Å². The maximum atomic E-state index is 12.1. The van der Waals surface area contributed by atoms with Gasteiger partial charge in [0.2, 0.25) is 17.0 Å². The van der Waals surface area contributed by atoms with Crippen molar-refractivity contribution in [3.8, 4) is 5.69 Å². The molecule has 0 aliphatic heterocycles. The molecule has 0 aliphatic rings. The summed E-state index contributed by atoms with van der Waals surface area (Å²) in [7, 11) is 0. The molecule has 28 heavy (non-hydrogen) atoms. The second-order valence-electron chi connectivity index (χ2n) is 5.83. The lowest BCUT2D eigenvalue weighted by atomic mass is 10.2. The molecular weight excluding hydrogens is 394 g/mol. The van der Waals surface area contributed by atoms with E-state index in [1.54, 1.807) is 16.4 Å². The molecule has 3 aromatic rings. The minimum absolute atomic E-state index is 0.0593. The van der Waals surface area contributed by atoms with E-state index in [1.807, 2.05) is 61.5 Å². The van der Waals surface area contributed by atoms with Crippen LogP contribution >= 0.6 is 23.5 Å². The summed E-state index contributed by atoms with van der Waals surface area (Å²) in [6, 6.07) is 17.5. The Morgan fingerprint density at radius 1 is 1.00 bits per heavy atom. The zero-order valence-corrected chi connectivity index (χ0v) is 16.9. The number of imide groups is 1. The fourth-order valence-electron chi connectivity index (χ4n) is 2.38. The van der Waals surface area contributed by atoms with Crippen LogP contribution < -0.4 is 5.32 Å². The van der Waals surface area contributed by atoms with Crippen molar-refractivity contribution < 1.29 is 9.59 Å². The summed E-state index contributed by atoms with van der Waals surface area (Å²) in [6.45, 7) is 1.96. The molecule has 7 nitrogen and oxygen atoms in total. The van der Waals surface area contributed by atoms with Crippen LogP contribution in [0.15, 0.2) is 64.6 Å². The van der Waals surface area contributed by atoms with E-state index >= 15 is 0 Å². The van der Waals surface area contributed by atoms with Crippen molar-refractivity contribution in [2.75, 3.05) is 11.5 Å². The number of rotatable bonds is 8. The number of nitrogens with one attached hydrogen (secondary N) is 1. The highest BCUT2D eigenvalue weighted by molar-refractivity contribution is 7.99. The Labute approximate surface area is 171 Å². The molecule has 1 N–H and O–H groups in total. The fourth-order valence-corrected chi connectivity index (χ4v) is 3.94. The second-order valence-corrected chi connectivity index (χ2v) is 7.94. The first-order chi connectivity index (χ1) is 13.6. The fraction of sp³-hybridized carbons (Fsp3) is 0.211. The Morgan fingerprint density at radius 2 is 1.75 bits per heavy atom. The molecular formula is C19H19N5O2S2. The van der Waals surface area contributed by atoms with Crippen LogP contribution in [-0.4, -0.2) is 43.5 Å². The average Bonchev–Trinajstić information content (AvgIpc) is 3.16. The lowest BCUT2D eigenvalue weighted by Gasteiger charge is -2.07. The van der Waals surface area contributed by atoms with Gasteiger partial charge in [0.15, 0.2) is 0 Å². The number of aryl methyl sites for hydroxylation is 1. The summed E-state index contributed by atoms with van der Waals surface area (Å²) in [5.74, 6) is 0.0256. The van der Waals surface area contributed by atoms with E-state index in [0.29, 0.717) is 10.9 Å². The number of tetrazole rings is 1. The Balaban J connectivity index is 1.45. The first-order valence-corrected chi connectivity index (χ1v) is 10.6. The maximum Gasteiger partial charge on any atom is 0.237 e. The number of thioether (sulfide) groups is 2. The number of carbonyl (C=O) groups is 2. The van der Waals surface area contributed by atoms with Crippen molar-refractivity contribution in [2.45, 2.75) is 23.4 Å². The number of carbonyl (C=O) groups excluding carboxylic acids is 2. The monoisotopic (exact) mass is 413 g/mol. The van der Waals surface area contributed by atoms with E-state index in [2.05, 4.69) is 20.8 Å². The lowest BCUT2D eigenvalue weighted by molar-refractivity contribution is -0.128. The van der Waals surface area contributed by atoms with Gasteiger partial charge >= 0.3 is 0 Å². The predicted molar refractivity (Wildman–Crippen MR) is 110 cm³/mol. The van der Waals surface area contributed by atoms with Gasteiger partial charge in [0.05, 0.1) is 11.4 Å². The molecule has 0 bridgehead atoms. The molecule has 0 spiro atoms.